The normalized spacial score (nSPS) is 11.3. The highest BCUT2D eigenvalue weighted by molar-refractivity contribution is 6.31. The van der Waals surface area contributed by atoms with Gasteiger partial charge in [-0.25, -0.2) is 15.0 Å². The van der Waals surface area contributed by atoms with E-state index in [0.717, 1.165) is 11.5 Å². The smallest absolute Gasteiger partial charge is 0.214 e. The lowest BCUT2D eigenvalue weighted by atomic mass is 10.4. The second-order valence-corrected chi connectivity index (χ2v) is 4.74. The number of nitrogen functional groups attached to an aromatic ring is 1. The summed E-state index contributed by atoms with van der Waals surface area (Å²) in [5.41, 5.74) is 8.08. The maximum atomic E-state index is 5.90. The van der Waals surface area contributed by atoms with Crippen molar-refractivity contribution < 1.29 is 4.42 Å². The van der Waals surface area contributed by atoms with Crippen LogP contribution in [0.3, 0.4) is 0 Å². The van der Waals surface area contributed by atoms with Gasteiger partial charge in [-0.3, -0.25) is 4.57 Å². The number of halogens is 1. The average Bonchev–Trinajstić information content (AvgIpc) is 2.81. The van der Waals surface area contributed by atoms with Crippen molar-refractivity contribution in [2.75, 3.05) is 5.73 Å². The largest absolute Gasteiger partial charge is 0.444 e. The van der Waals surface area contributed by atoms with E-state index in [1.807, 2.05) is 13.8 Å². The molecule has 0 saturated heterocycles. The zero-order valence-corrected chi connectivity index (χ0v) is 11.3. The monoisotopic (exact) mass is 277 g/mol. The van der Waals surface area contributed by atoms with E-state index in [2.05, 4.69) is 15.0 Å². The van der Waals surface area contributed by atoms with Crippen molar-refractivity contribution in [1.29, 1.82) is 0 Å². The molecule has 98 valence electrons. The number of fused-ring (bicyclic) bond motifs is 1. The van der Waals surface area contributed by atoms with Gasteiger partial charge in [0.2, 0.25) is 11.8 Å². The molecule has 3 aromatic rings. The first kappa shape index (κ1) is 12.0. The summed E-state index contributed by atoms with van der Waals surface area (Å²) < 4.78 is 7.29. The third-order valence-electron chi connectivity index (χ3n) is 2.95. The van der Waals surface area contributed by atoms with Crippen LogP contribution < -0.4 is 5.73 Å². The Labute approximate surface area is 114 Å². The lowest BCUT2D eigenvalue weighted by molar-refractivity contribution is 0.460. The van der Waals surface area contributed by atoms with Gasteiger partial charge in [0, 0.05) is 6.20 Å². The Hall–Kier alpha value is -2.08. The maximum Gasteiger partial charge on any atom is 0.214 e. The standard InChI is InChI=1S/C12H12ClN5O/c1-6-7(2)19-10(16-6)5-18-11-9(17-12(18)14)3-8(13)4-15-11/h3-4H,5H2,1-2H3,(H2,14,17). The van der Waals surface area contributed by atoms with Crippen LogP contribution in [-0.4, -0.2) is 19.5 Å². The summed E-state index contributed by atoms with van der Waals surface area (Å²) in [6, 6.07) is 1.73. The van der Waals surface area contributed by atoms with Crippen LogP contribution in [-0.2, 0) is 6.54 Å². The lowest BCUT2D eigenvalue weighted by Gasteiger charge is -2.02. The van der Waals surface area contributed by atoms with Gasteiger partial charge in [-0.1, -0.05) is 11.6 Å². The molecule has 0 aliphatic heterocycles. The number of hydrogen-bond donors (Lipinski definition) is 1. The quantitative estimate of drug-likeness (QED) is 0.777. The van der Waals surface area contributed by atoms with E-state index >= 15 is 0 Å². The predicted octanol–water partition coefficient (Wildman–Crippen LogP) is 2.32. The molecule has 2 N–H and O–H groups in total. The van der Waals surface area contributed by atoms with E-state index in [1.54, 1.807) is 16.8 Å². The van der Waals surface area contributed by atoms with Crippen LogP contribution in [0.15, 0.2) is 16.7 Å². The number of hydrogen-bond acceptors (Lipinski definition) is 5. The molecule has 3 heterocycles. The zero-order chi connectivity index (χ0) is 13.6. The van der Waals surface area contributed by atoms with Crippen molar-refractivity contribution in [3.8, 4) is 0 Å². The van der Waals surface area contributed by atoms with Crippen LogP contribution in [0.2, 0.25) is 5.02 Å². The molecule has 0 aliphatic carbocycles. The van der Waals surface area contributed by atoms with E-state index in [9.17, 15) is 0 Å². The van der Waals surface area contributed by atoms with Crippen LogP contribution in [0.25, 0.3) is 11.2 Å². The molecule has 7 heteroatoms. The van der Waals surface area contributed by atoms with Crippen LogP contribution in [0, 0.1) is 13.8 Å². The summed E-state index contributed by atoms with van der Waals surface area (Å²) in [4.78, 5) is 12.8. The maximum absolute atomic E-state index is 5.90. The van der Waals surface area contributed by atoms with Gasteiger partial charge in [-0.15, -0.1) is 0 Å². The molecule has 0 spiro atoms. The van der Waals surface area contributed by atoms with Crippen LogP contribution in [0.5, 0.6) is 0 Å². The highest BCUT2D eigenvalue weighted by Gasteiger charge is 2.13. The van der Waals surface area contributed by atoms with Gasteiger partial charge >= 0.3 is 0 Å². The van der Waals surface area contributed by atoms with Crippen LogP contribution in [0.4, 0.5) is 5.95 Å². The van der Waals surface area contributed by atoms with Crippen LogP contribution >= 0.6 is 11.6 Å². The number of pyridine rings is 1. The van der Waals surface area contributed by atoms with Gasteiger partial charge in [-0.05, 0) is 19.9 Å². The molecule has 0 aliphatic rings. The first-order valence-electron chi connectivity index (χ1n) is 5.75. The number of nitrogens with two attached hydrogens (primary N) is 1. The molecule has 0 amide bonds. The number of aryl methyl sites for hydroxylation is 2. The number of imidazole rings is 1. The summed E-state index contributed by atoms with van der Waals surface area (Å²) in [6.07, 6.45) is 1.56. The second kappa shape index (κ2) is 4.24. The molecule has 0 atom stereocenters. The van der Waals surface area contributed by atoms with Crippen molar-refractivity contribution in [2.24, 2.45) is 0 Å². The molecule has 0 aromatic carbocycles. The highest BCUT2D eigenvalue weighted by atomic mass is 35.5. The minimum atomic E-state index is 0.360. The molecule has 0 saturated carbocycles. The van der Waals surface area contributed by atoms with Crippen molar-refractivity contribution >= 4 is 28.7 Å². The third kappa shape index (κ3) is 2.04. The minimum Gasteiger partial charge on any atom is -0.444 e. The fraction of sp³-hybridized carbons (Fsp3) is 0.250. The number of rotatable bonds is 2. The van der Waals surface area contributed by atoms with E-state index in [-0.39, 0.29) is 0 Å². The highest BCUT2D eigenvalue weighted by Crippen LogP contribution is 2.20. The molecule has 3 aromatic heterocycles. The van der Waals surface area contributed by atoms with Crippen molar-refractivity contribution in [3.63, 3.8) is 0 Å². The summed E-state index contributed by atoms with van der Waals surface area (Å²) in [6.45, 7) is 4.17. The van der Waals surface area contributed by atoms with Gasteiger partial charge in [0.1, 0.15) is 17.8 Å². The summed E-state index contributed by atoms with van der Waals surface area (Å²) >= 11 is 5.88. The summed E-state index contributed by atoms with van der Waals surface area (Å²) in [5.74, 6) is 1.74. The molecule has 3 rings (SSSR count). The van der Waals surface area contributed by atoms with Gasteiger partial charge in [-0.2, -0.15) is 0 Å². The SMILES string of the molecule is Cc1nc(Cn2c(N)nc3cc(Cl)cnc32)oc1C. The molecular formula is C12H12ClN5O. The van der Waals surface area contributed by atoms with Crippen molar-refractivity contribution in [2.45, 2.75) is 20.4 Å². The van der Waals surface area contributed by atoms with E-state index in [4.69, 9.17) is 21.8 Å². The fourth-order valence-corrected chi connectivity index (χ4v) is 2.05. The Morgan fingerprint density at radius 1 is 1.37 bits per heavy atom. The van der Waals surface area contributed by atoms with Gasteiger partial charge in [0.15, 0.2) is 5.65 Å². The summed E-state index contributed by atoms with van der Waals surface area (Å²) in [7, 11) is 0. The van der Waals surface area contributed by atoms with E-state index in [0.29, 0.717) is 34.6 Å². The first-order chi connectivity index (χ1) is 9.04. The molecule has 19 heavy (non-hydrogen) atoms. The Morgan fingerprint density at radius 2 is 2.16 bits per heavy atom. The van der Waals surface area contributed by atoms with Crippen molar-refractivity contribution in [3.05, 3.63) is 34.6 Å². The second-order valence-electron chi connectivity index (χ2n) is 4.30. The first-order valence-corrected chi connectivity index (χ1v) is 6.12. The molecule has 0 fully saturated rings. The molecule has 0 bridgehead atoms. The van der Waals surface area contributed by atoms with Crippen LogP contribution in [0.1, 0.15) is 17.3 Å². The molecule has 0 unspecified atom stereocenters. The number of oxazole rings is 1. The minimum absolute atomic E-state index is 0.360. The number of nitrogens with zero attached hydrogens (tertiary/aromatic N) is 4. The van der Waals surface area contributed by atoms with E-state index < -0.39 is 0 Å². The third-order valence-corrected chi connectivity index (χ3v) is 3.15. The Balaban J connectivity index is 2.07. The van der Waals surface area contributed by atoms with Crippen molar-refractivity contribution in [1.82, 2.24) is 19.5 Å². The Morgan fingerprint density at radius 3 is 2.84 bits per heavy atom. The molecular weight excluding hydrogens is 266 g/mol. The Kier molecular flexibility index (Phi) is 2.67. The zero-order valence-electron chi connectivity index (χ0n) is 10.5. The van der Waals surface area contributed by atoms with Gasteiger partial charge in [0.05, 0.1) is 10.7 Å². The lowest BCUT2D eigenvalue weighted by Crippen LogP contribution is -2.05. The van der Waals surface area contributed by atoms with Gasteiger partial charge < -0.3 is 10.2 Å². The Bertz CT molecular complexity index is 741. The molecule has 0 radical (unpaired) electrons. The number of anilines is 1. The van der Waals surface area contributed by atoms with E-state index in [1.165, 1.54) is 0 Å². The molecule has 6 nitrogen and oxygen atoms in total. The predicted molar refractivity (Wildman–Crippen MR) is 72.0 cm³/mol. The fourth-order valence-electron chi connectivity index (χ4n) is 1.90. The topological polar surface area (TPSA) is 82.8 Å². The number of aromatic nitrogens is 4. The van der Waals surface area contributed by atoms with Gasteiger partial charge in [0.25, 0.3) is 0 Å². The summed E-state index contributed by atoms with van der Waals surface area (Å²) in [5, 5.41) is 0.528. The average molecular weight is 278 g/mol.